The second-order valence-electron chi connectivity index (χ2n) is 4.34. The minimum absolute atomic E-state index is 0.110. The quantitative estimate of drug-likeness (QED) is 0.305. The highest BCUT2D eigenvalue weighted by molar-refractivity contribution is 9.11. The molecule has 1 aromatic carbocycles. The first kappa shape index (κ1) is 18.0. The molecule has 7 heteroatoms. The third kappa shape index (κ3) is 4.34. The average Bonchev–Trinajstić information content (AvgIpc) is 2.92. The van der Waals surface area contributed by atoms with Crippen LogP contribution in [0.3, 0.4) is 0 Å². The molecule has 0 bridgehead atoms. The van der Waals surface area contributed by atoms with E-state index in [1.165, 1.54) is 6.08 Å². The predicted octanol–water partition coefficient (Wildman–Crippen LogP) is 5.70. The molecule has 1 heterocycles. The molecule has 0 unspecified atom stereocenters. The maximum atomic E-state index is 11.6. The van der Waals surface area contributed by atoms with Crippen molar-refractivity contribution in [3.8, 4) is 17.4 Å². The molecule has 0 spiro atoms. The highest BCUT2D eigenvalue weighted by atomic mass is 79.9. The molecule has 0 radical (unpaired) electrons. The van der Waals surface area contributed by atoms with Crippen molar-refractivity contribution in [3.05, 3.63) is 49.0 Å². The summed E-state index contributed by atoms with van der Waals surface area (Å²) in [7, 11) is 0. The van der Waals surface area contributed by atoms with Crippen LogP contribution in [0.25, 0.3) is 17.4 Å². The summed E-state index contributed by atoms with van der Waals surface area (Å²) in [5.74, 6) is 0.328. The van der Waals surface area contributed by atoms with Crippen molar-refractivity contribution in [2.24, 2.45) is 0 Å². The van der Waals surface area contributed by atoms with Crippen LogP contribution in [-0.2, 0) is 9.53 Å². The van der Waals surface area contributed by atoms with Crippen LogP contribution in [0.2, 0.25) is 0 Å². The molecule has 118 valence electrons. The number of halogens is 3. The zero-order valence-corrected chi connectivity index (χ0v) is 16.7. The van der Waals surface area contributed by atoms with Gasteiger partial charge in [0.15, 0.2) is 0 Å². The van der Waals surface area contributed by atoms with Crippen molar-refractivity contribution in [1.29, 1.82) is 5.26 Å². The van der Waals surface area contributed by atoms with Gasteiger partial charge in [-0.2, -0.15) is 5.26 Å². The topological polar surface area (TPSA) is 63.2 Å². The SMILES string of the molecule is CCOC(=O)/C(C#N)=C\c1ccc(-c2c(Br)cc(Br)cc2Br)o1. The lowest BCUT2D eigenvalue weighted by molar-refractivity contribution is -0.137. The Morgan fingerprint density at radius 3 is 2.52 bits per heavy atom. The molecule has 2 rings (SSSR count). The molecule has 0 saturated heterocycles. The Morgan fingerprint density at radius 1 is 1.30 bits per heavy atom. The van der Waals surface area contributed by atoms with E-state index in [0.29, 0.717) is 11.5 Å². The maximum absolute atomic E-state index is 11.6. The smallest absolute Gasteiger partial charge is 0.349 e. The van der Waals surface area contributed by atoms with Gasteiger partial charge in [0.05, 0.1) is 6.61 Å². The Kier molecular flexibility index (Phi) is 6.22. The molecule has 0 aliphatic carbocycles. The van der Waals surface area contributed by atoms with Crippen molar-refractivity contribution in [2.75, 3.05) is 6.61 Å². The highest BCUT2D eigenvalue weighted by Gasteiger charge is 2.15. The highest BCUT2D eigenvalue weighted by Crippen LogP contribution is 2.38. The molecular weight excluding hydrogens is 494 g/mol. The molecule has 23 heavy (non-hydrogen) atoms. The number of carbonyl (C=O) groups excluding carboxylic acids is 1. The van der Waals surface area contributed by atoms with Crippen LogP contribution in [0.15, 0.2) is 47.7 Å². The van der Waals surface area contributed by atoms with E-state index in [-0.39, 0.29) is 12.2 Å². The molecule has 2 aromatic rings. The lowest BCUT2D eigenvalue weighted by Gasteiger charge is -2.05. The number of carbonyl (C=O) groups is 1. The summed E-state index contributed by atoms with van der Waals surface area (Å²) >= 11 is 10.4. The monoisotopic (exact) mass is 501 g/mol. The number of nitrogens with zero attached hydrogens (tertiary/aromatic N) is 1. The Labute approximate surface area is 158 Å². The average molecular weight is 504 g/mol. The normalized spacial score (nSPS) is 11.2. The molecular formula is C16H10Br3NO3. The van der Waals surface area contributed by atoms with E-state index in [4.69, 9.17) is 14.4 Å². The summed E-state index contributed by atoms with van der Waals surface area (Å²) in [4.78, 5) is 11.6. The number of esters is 1. The van der Waals surface area contributed by atoms with E-state index in [2.05, 4.69) is 47.8 Å². The number of rotatable bonds is 4. The molecule has 0 aliphatic heterocycles. The largest absolute Gasteiger partial charge is 0.462 e. The van der Waals surface area contributed by atoms with Gasteiger partial charge in [-0.25, -0.2) is 4.79 Å². The van der Waals surface area contributed by atoms with Gasteiger partial charge in [0.25, 0.3) is 0 Å². The fourth-order valence-corrected chi connectivity index (χ4v) is 4.48. The van der Waals surface area contributed by atoms with Gasteiger partial charge >= 0.3 is 5.97 Å². The first-order valence-corrected chi connectivity index (χ1v) is 8.87. The van der Waals surface area contributed by atoms with Gasteiger partial charge in [0, 0.05) is 25.1 Å². The minimum Gasteiger partial charge on any atom is -0.462 e. The van der Waals surface area contributed by atoms with E-state index < -0.39 is 5.97 Å². The Morgan fingerprint density at radius 2 is 1.96 bits per heavy atom. The van der Waals surface area contributed by atoms with Crippen LogP contribution in [0, 0.1) is 11.3 Å². The van der Waals surface area contributed by atoms with Gasteiger partial charge < -0.3 is 9.15 Å². The third-order valence-corrected chi connectivity index (χ3v) is 4.49. The Bertz CT molecular complexity index is 795. The van der Waals surface area contributed by atoms with Gasteiger partial charge in [-0.05, 0) is 63.0 Å². The van der Waals surface area contributed by atoms with Gasteiger partial charge in [0.1, 0.15) is 23.2 Å². The van der Waals surface area contributed by atoms with E-state index >= 15 is 0 Å². The summed E-state index contributed by atoms with van der Waals surface area (Å²) in [6.07, 6.45) is 1.36. The van der Waals surface area contributed by atoms with Crippen LogP contribution in [0.4, 0.5) is 0 Å². The first-order chi connectivity index (χ1) is 11.0. The van der Waals surface area contributed by atoms with Gasteiger partial charge in [-0.15, -0.1) is 0 Å². The Balaban J connectivity index is 2.39. The molecule has 0 aliphatic rings. The summed E-state index contributed by atoms with van der Waals surface area (Å²) in [6.45, 7) is 1.89. The zero-order chi connectivity index (χ0) is 17.0. The summed E-state index contributed by atoms with van der Waals surface area (Å²) in [5.41, 5.74) is 0.726. The van der Waals surface area contributed by atoms with Crippen LogP contribution in [-0.4, -0.2) is 12.6 Å². The number of hydrogen-bond donors (Lipinski definition) is 0. The standard InChI is InChI=1S/C16H10Br3NO3/c1-2-22-16(21)9(8-20)5-11-3-4-14(23-11)15-12(18)6-10(17)7-13(15)19/h3-7H,2H2,1H3/b9-5-. The van der Waals surface area contributed by atoms with Crippen molar-refractivity contribution in [3.63, 3.8) is 0 Å². The zero-order valence-electron chi connectivity index (χ0n) is 11.9. The van der Waals surface area contributed by atoms with Crippen LogP contribution < -0.4 is 0 Å². The lowest BCUT2D eigenvalue weighted by atomic mass is 10.2. The molecule has 0 fully saturated rings. The van der Waals surface area contributed by atoms with E-state index in [9.17, 15) is 4.79 Å². The van der Waals surface area contributed by atoms with E-state index in [1.807, 2.05) is 18.2 Å². The van der Waals surface area contributed by atoms with Crippen molar-refractivity contribution in [1.82, 2.24) is 0 Å². The number of ether oxygens (including phenoxy) is 1. The summed E-state index contributed by atoms with van der Waals surface area (Å²) in [5, 5.41) is 9.05. The fourth-order valence-electron chi connectivity index (χ4n) is 1.83. The molecule has 4 nitrogen and oxygen atoms in total. The number of benzene rings is 1. The summed E-state index contributed by atoms with van der Waals surface area (Å²) in [6, 6.07) is 9.07. The van der Waals surface area contributed by atoms with Crippen LogP contribution in [0.1, 0.15) is 12.7 Å². The Hall–Kier alpha value is -1.36. The number of nitriles is 1. The van der Waals surface area contributed by atoms with Crippen LogP contribution >= 0.6 is 47.8 Å². The minimum atomic E-state index is -0.668. The molecule has 0 atom stereocenters. The first-order valence-electron chi connectivity index (χ1n) is 6.50. The van der Waals surface area contributed by atoms with Gasteiger partial charge in [-0.3, -0.25) is 0 Å². The second-order valence-corrected chi connectivity index (χ2v) is 6.96. The molecule has 0 amide bonds. The van der Waals surface area contributed by atoms with Crippen LogP contribution in [0.5, 0.6) is 0 Å². The number of hydrogen-bond acceptors (Lipinski definition) is 4. The van der Waals surface area contributed by atoms with E-state index in [1.54, 1.807) is 19.1 Å². The lowest BCUT2D eigenvalue weighted by Crippen LogP contribution is -2.05. The van der Waals surface area contributed by atoms with Crippen molar-refractivity contribution < 1.29 is 13.9 Å². The van der Waals surface area contributed by atoms with Crippen molar-refractivity contribution in [2.45, 2.75) is 6.92 Å². The molecule has 0 saturated carbocycles. The van der Waals surface area contributed by atoms with E-state index in [0.717, 1.165) is 19.0 Å². The predicted molar refractivity (Wildman–Crippen MR) is 97.5 cm³/mol. The summed E-state index contributed by atoms with van der Waals surface area (Å²) < 4.78 is 13.1. The molecule has 0 N–H and O–H groups in total. The second kappa shape index (κ2) is 7.95. The third-order valence-electron chi connectivity index (χ3n) is 2.78. The maximum Gasteiger partial charge on any atom is 0.349 e. The fraction of sp³-hybridized carbons (Fsp3) is 0.125. The van der Waals surface area contributed by atoms with Gasteiger partial charge in [0.2, 0.25) is 0 Å². The van der Waals surface area contributed by atoms with Gasteiger partial charge in [-0.1, -0.05) is 15.9 Å². The number of furan rings is 1. The molecule has 1 aromatic heterocycles. The van der Waals surface area contributed by atoms with Crippen molar-refractivity contribution >= 4 is 59.8 Å².